The number of nitrogens with one attached hydrogen (secondary N) is 1. The monoisotopic (exact) mass is 335 g/mol. The standard InChI is InChI=1S/C17H20N2O3.ClH/c1-21-15-9-5-8-14(17(15)22-12-16(18)20)11-19-10-13-6-3-2-4-7-13;/h2-9,19H,10-12H2,1H3,(H2,18,20);1H/p-1. The average Bonchev–Trinajstić information content (AvgIpc) is 2.54. The molecular weight excluding hydrogens is 316 g/mol. The number of methoxy groups -OCH3 is 1. The van der Waals surface area contributed by atoms with Gasteiger partial charge >= 0.3 is 0 Å². The van der Waals surface area contributed by atoms with Crippen LogP contribution in [0.1, 0.15) is 11.1 Å². The molecule has 0 saturated carbocycles. The molecule has 0 aliphatic rings. The molecule has 0 radical (unpaired) electrons. The molecule has 0 aromatic heterocycles. The van der Waals surface area contributed by atoms with Crippen LogP contribution in [0.4, 0.5) is 0 Å². The van der Waals surface area contributed by atoms with Gasteiger partial charge < -0.3 is 32.9 Å². The molecule has 0 atom stereocenters. The number of halogens is 1. The molecule has 0 aliphatic carbocycles. The number of hydrogen-bond donors (Lipinski definition) is 2. The highest BCUT2D eigenvalue weighted by atomic mass is 35.5. The van der Waals surface area contributed by atoms with Gasteiger partial charge in [0.25, 0.3) is 5.91 Å². The number of primary amides is 1. The normalized spacial score (nSPS) is 9.78. The molecule has 124 valence electrons. The van der Waals surface area contributed by atoms with Crippen LogP contribution in [0.3, 0.4) is 0 Å². The van der Waals surface area contributed by atoms with Gasteiger partial charge in [0.1, 0.15) is 0 Å². The van der Waals surface area contributed by atoms with Gasteiger partial charge in [-0.2, -0.15) is 0 Å². The summed E-state index contributed by atoms with van der Waals surface area (Å²) in [6.45, 7) is 1.17. The largest absolute Gasteiger partial charge is 1.00 e. The van der Waals surface area contributed by atoms with Crippen molar-refractivity contribution in [2.75, 3.05) is 13.7 Å². The number of benzene rings is 2. The number of amides is 1. The lowest BCUT2D eigenvalue weighted by Crippen LogP contribution is -3.00. The van der Waals surface area contributed by atoms with E-state index in [-0.39, 0.29) is 19.0 Å². The zero-order chi connectivity index (χ0) is 15.8. The minimum atomic E-state index is -0.519. The Morgan fingerprint density at radius 2 is 1.83 bits per heavy atom. The molecule has 0 spiro atoms. The number of ether oxygens (including phenoxy) is 2. The van der Waals surface area contributed by atoms with Crippen molar-refractivity contribution in [3.05, 3.63) is 59.7 Å². The highest BCUT2D eigenvalue weighted by molar-refractivity contribution is 5.75. The molecule has 0 unspecified atom stereocenters. The molecular formula is C17H20ClN2O3-. The third-order valence-corrected chi connectivity index (χ3v) is 3.13. The van der Waals surface area contributed by atoms with Gasteiger partial charge in [-0.05, 0) is 11.6 Å². The van der Waals surface area contributed by atoms with Crippen molar-refractivity contribution < 1.29 is 26.7 Å². The molecule has 0 bridgehead atoms. The summed E-state index contributed by atoms with van der Waals surface area (Å²) in [5.74, 6) is 0.610. The maximum Gasteiger partial charge on any atom is 0.255 e. The summed E-state index contributed by atoms with van der Waals surface area (Å²) >= 11 is 0. The summed E-state index contributed by atoms with van der Waals surface area (Å²) in [6.07, 6.45) is 0. The maximum atomic E-state index is 10.9. The first kappa shape index (κ1) is 18.8. The number of nitrogens with two attached hydrogens (primary N) is 1. The van der Waals surface area contributed by atoms with E-state index in [1.54, 1.807) is 13.2 Å². The summed E-state index contributed by atoms with van der Waals surface area (Å²) in [5.41, 5.74) is 7.25. The Bertz CT molecular complexity index is 620. The topological polar surface area (TPSA) is 73.6 Å². The number of carbonyl (C=O) groups is 1. The van der Waals surface area contributed by atoms with E-state index in [0.717, 1.165) is 12.1 Å². The van der Waals surface area contributed by atoms with Gasteiger partial charge in [-0.3, -0.25) is 4.79 Å². The van der Waals surface area contributed by atoms with E-state index < -0.39 is 5.91 Å². The smallest absolute Gasteiger partial charge is 0.255 e. The maximum absolute atomic E-state index is 10.9. The predicted octanol–water partition coefficient (Wildman–Crippen LogP) is -1.15. The molecule has 2 aromatic carbocycles. The van der Waals surface area contributed by atoms with Crippen LogP contribution in [0.25, 0.3) is 0 Å². The summed E-state index contributed by atoms with van der Waals surface area (Å²) < 4.78 is 10.8. The van der Waals surface area contributed by atoms with Crippen LogP contribution in [0.5, 0.6) is 11.5 Å². The van der Waals surface area contributed by atoms with E-state index in [4.69, 9.17) is 15.2 Å². The van der Waals surface area contributed by atoms with Crippen molar-refractivity contribution in [3.8, 4) is 11.5 Å². The molecule has 1 amide bonds. The number of hydrogen-bond acceptors (Lipinski definition) is 4. The third-order valence-electron chi connectivity index (χ3n) is 3.13. The molecule has 6 heteroatoms. The zero-order valence-electron chi connectivity index (χ0n) is 12.9. The fourth-order valence-electron chi connectivity index (χ4n) is 2.11. The lowest BCUT2D eigenvalue weighted by Gasteiger charge is -2.14. The lowest BCUT2D eigenvalue weighted by atomic mass is 10.1. The zero-order valence-corrected chi connectivity index (χ0v) is 13.7. The minimum Gasteiger partial charge on any atom is -1.00 e. The van der Waals surface area contributed by atoms with E-state index in [2.05, 4.69) is 17.4 Å². The second-order valence-corrected chi connectivity index (χ2v) is 4.79. The van der Waals surface area contributed by atoms with Crippen molar-refractivity contribution in [1.82, 2.24) is 5.32 Å². The van der Waals surface area contributed by atoms with E-state index in [1.165, 1.54) is 5.56 Å². The van der Waals surface area contributed by atoms with Crippen LogP contribution < -0.4 is 32.9 Å². The first-order valence-electron chi connectivity index (χ1n) is 7.02. The molecule has 0 saturated heterocycles. The van der Waals surface area contributed by atoms with Gasteiger partial charge in [0.05, 0.1) is 7.11 Å². The second-order valence-electron chi connectivity index (χ2n) is 4.79. The van der Waals surface area contributed by atoms with Crippen molar-refractivity contribution in [2.24, 2.45) is 5.73 Å². The number of rotatable bonds is 8. The van der Waals surface area contributed by atoms with E-state index in [0.29, 0.717) is 18.0 Å². The van der Waals surface area contributed by atoms with Crippen LogP contribution in [0.2, 0.25) is 0 Å². The SMILES string of the molecule is COc1cccc(CNCc2ccccc2)c1OCC(N)=O.[Cl-]. The van der Waals surface area contributed by atoms with Crippen molar-refractivity contribution in [2.45, 2.75) is 13.1 Å². The van der Waals surface area contributed by atoms with E-state index in [1.807, 2.05) is 30.3 Å². The van der Waals surface area contributed by atoms with E-state index in [9.17, 15) is 4.79 Å². The number of carbonyl (C=O) groups excluding carboxylic acids is 1. The molecule has 0 fully saturated rings. The molecule has 5 nitrogen and oxygen atoms in total. The number of para-hydroxylation sites is 1. The first-order chi connectivity index (χ1) is 10.7. The van der Waals surface area contributed by atoms with Crippen LogP contribution >= 0.6 is 0 Å². The average molecular weight is 336 g/mol. The van der Waals surface area contributed by atoms with Crippen LogP contribution in [0.15, 0.2) is 48.5 Å². The summed E-state index contributed by atoms with van der Waals surface area (Å²) in [6, 6.07) is 15.7. The van der Waals surface area contributed by atoms with Crippen molar-refractivity contribution in [1.29, 1.82) is 0 Å². The van der Waals surface area contributed by atoms with E-state index >= 15 is 0 Å². The van der Waals surface area contributed by atoms with Crippen molar-refractivity contribution in [3.63, 3.8) is 0 Å². The van der Waals surface area contributed by atoms with Gasteiger partial charge in [0.2, 0.25) is 0 Å². The predicted molar refractivity (Wildman–Crippen MR) is 84.7 cm³/mol. The Morgan fingerprint density at radius 3 is 2.48 bits per heavy atom. The Kier molecular flexibility index (Phi) is 7.94. The Balaban J connectivity index is 0.00000264. The van der Waals surface area contributed by atoms with Crippen LogP contribution in [-0.2, 0) is 17.9 Å². The highest BCUT2D eigenvalue weighted by Crippen LogP contribution is 2.31. The quantitative estimate of drug-likeness (QED) is 0.639. The molecule has 2 aromatic rings. The van der Waals surface area contributed by atoms with Gasteiger partial charge in [-0.25, -0.2) is 0 Å². The van der Waals surface area contributed by atoms with Gasteiger partial charge in [0, 0.05) is 18.7 Å². The molecule has 3 N–H and O–H groups in total. The molecule has 2 rings (SSSR count). The molecule has 23 heavy (non-hydrogen) atoms. The van der Waals surface area contributed by atoms with Gasteiger partial charge in [-0.1, -0.05) is 42.5 Å². The summed E-state index contributed by atoms with van der Waals surface area (Å²) in [5, 5.41) is 3.35. The van der Waals surface area contributed by atoms with Crippen LogP contribution in [-0.4, -0.2) is 19.6 Å². The highest BCUT2D eigenvalue weighted by Gasteiger charge is 2.11. The molecule has 0 heterocycles. The lowest BCUT2D eigenvalue weighted by molar-refractivity contribution is -0.119. The fourth-order valence-corrected chi connectivity index (χ4v) is 2.11. The van der Waals surface area contributed by atoms with Crippen molar-refractivity contribution >= 4 is 5.91 Å². The second kappa shape index (κ2) is 9.71. The van der Waals surface area contributed by atoms with Gasteiger partial charge in [-0.15, -0.1) is 0 Å². The summed E-state index contributed by atoms with van der Waals surface area (Å²) in [4.78, 5) is 10.9. The fraction of sp³-hybridized carbons (Fsp3) is 0.235. The Labute approximate surface area is 142 Å². The molecule has 0 aliphatic heterocycles. The minimum absolute atomic E-state index is 0. The van der Waals surface area contributed by atoms with Gasteiger partial charge in [0.15, 0.2) is 18.1 Å². The van der Waals surface area contributed by atoms with Crippen LogP contribution in [0, 0.1) is 0 Å². The third kappa shape index (κ3) is 5.81. The summed E-state index contributed by atoms with van der Waals surface area (Å²) in [7, 11) is 1.56. The Morgan fingerprint density at radius 1 is 1.09 bits per heavy atom. The Hall–Kier alpha value is -2.24. The first-order valence-corrected chi connectivity index (χ1v) is 7.02.